The van der Waals surface area contributed by atoms with Crippen LogP contribution in [0.5, 0.6) is 0 Å². The van der Waals surface area contributed by atoms with Crippen LogP contribution in [-0.2, 0) is 19.8 Å². The molecule has 1 amide bonds. The van der Waals surface area contributed by atoms with Crippen LogP contribution in [0.25, 0.3) is 16.9 Å². The van der Waals surface area contributed by atoms with Gasteiger partial charge in [0.15, 0.2) is 0 Å². The molecular weight excluding hydrogens is 519 g/mol. The SMILES string of the molecule is Cc1ccc(C(=O)Nc2cc(CN3CCC3)c(Cl)c(C(F)(F)F)c2)cc1-n1cc(-c2cnn(C)c2C)nn1. The molecule has 2 aromatic carbocycles. The van der Waals surface area contributed by atoms with Gasteiger partial charge in [-0.05, 0) is 68.8 Å². The lowest BCUT2D eigenvalue weighted by molar-refractivity contribution is -0.137. The Bertz CT molecular complexity index is 1520. The van der Waals surface area contributed by atoms with E-state index in [1.54, 1.807) is 40.0 Å². The second-order valence-electron chi connectivity index (χ2n) is 9.40. The normalized spacial score (nSPS) is 14.0. The summed E-state index contributed by atoms with van der Waals surface area (Å²) in [5.41, 5.74) is 3.47. The van der Waals surface area contributed by atoms with Gasteiger partial charge in [-0.1, -0.05) is 22.9 Å². The van der Waals surface area contributed by atoms with Crippen LogP contribution in [0.3, 0.4) is 0 Å². The molecule has 5 rings (SSSR count). The van der Waals surface area contributed by atoms with E-state index in [1.807, 2.05) is 25.8 Å². The molecule has 4 aromatic rings. The zero-order chi connectivity index (χ0) is 27.2. The lowest BCUT2D eigenvalue weighted by Crippen LogP contribution is -2.36. The molecule has 0 atom stereocenters. The van der Waals surface area contributed by atoms with Gasteiger partial charge in [0, 0.05) is 36.1 Å². The third-order valence-corrected chi connectivity index (χ3v) is 7.22. The number of benzene rings is 2. The number of nitrogens with zero attached hydrogens (tertiary/aromatic N) is 6. The number of hydrogen-bond acceptors (Lipinski definition) is 5. The van der Waals surface area contributed by atoms with Crippen molar-refractivity contribution >= 4 is 23.2 Å². The fourth-order valence-corrected chi connectivity index (χ4v) is 4.59. The predicted octanol–water partition coefficient (Wildman–Crippen LogP) is 5.41. The maximum atomic E-state index is 13.7. The minimum atomic E-state index is -4.66. The van der Waals surface area contributed by atoms with Gasteiger partial charge in [0.1, 0.15) is 5.69 Å². The number of anilines is 1. The number of alkyl halides is 3. The summed E-state index contributed by atoms with van der Waals surface area (Å²) in [6, 6.07) is 7.36. The molecule has 1 aliphatic rings. The molecule has 0 spiro atoms. The Labute approximate surface area is 222 Å². The smallest absolute Gasteiger partial charge is 0.322 e. The summed E-state index contributed by atoms with van der Waals surface area (Å²) in [5.74, 6) is -0.556. The first-order valence-electron chi connectivity index (χ1n) is 12.0. The van der Waals surface area contributed by atoms with Gasteiger partial charge >= 0.3 is 6.18 Å². The number of aryl methyl sites for hydroxylation is 2. The highest BCUT2D eigenvalue weighted by Gasteiger charge is 2.35. The van der Waals surface area contributed by atoms with Crippen molar-refractivity contribution in [1.82, 2.24) is 29.7 Å². The van der Waals surface area contributed by atoms with Gasteiger partial charge in [0.25, 0.3) is 5.91 Å². The molecular formula is C26H25ClF3N7O. The lowest BCUT2D eigenvalue weighted by atomic mass is 10.1. The first-order valence-corrected chi connectivity index (χ1v) is 12.3. The van der Waals surface area contributed by atoms with Gasteiger partial charge in [0.2, 0.25) is 0 Å². The quantitative estimate of drug-likeness (QED) is 0.351. The first-order chi connectivity index (χ1) is 18.0. The molecule has 0 radical (unpaired) electrons. The van der Waals surface area contributed by atoms with Crippen molar-refractivity contribution in [2.45, 2.75) is 33.0 Å². The maximum absolute atomic E-state index is 13.7. The number of likely N-dealkylation sites (tertiary alicyclic amines) is 1. The summed E-state index contributed by atoms with van der Waals surface area (Å²) in [7, 11) is 1.84. The van der Waals surface area contributed by atoms with Crippen LogP contribution in [-0.4, -0.2) is 48.7 Å². The molecule has 2 aromatic heterocycles. The van der Waals surface area contributed by atoms with E-state index >= 15 is 0 Å². The van der Waals surface area contributed by atoms with E-state index < -0.39 is 17.6 Å². The van der Waals surface area contributed by atoms with E-state index in [9.17, 15) is 18.0 Å². The summed E-state index contributed by atoms with van der Waals surface area (Å²) in [4.78, 5) is 15.1. The third-order valence-electron chi connectivity index (χ3n) is 6.78. The molecule has 1 fully saturated rings. The van der Waals surface area contributed by atoms with Crippen molar-refractivity contribution in [3.05, 3.63) is 75.7 Å². The number of hydrogen-bond donors (Lipinski definition) is 1. The number of carbonyl (C=O) groups excluding carboxylic acids is 1. The Morgan fingerprint density at radius 1 is 1.16 bits per heavy atom. The molecule has 8 nitrogen and oxygen atoms in total. The van der Waals surface area contributed by atoms with Crippen LogP contribution in [0.4, 0.5) is 18.9 Å². The third kappa shape index (κ3) is 5.03. The lowest BCUT2D eigenvalue weighted by Gasteiger charge is -2.31. The zero-order valence-corrected chi connectivity index (χ0v) is 21.7. The van der Waals surface area contributed by atoms with Crippen molar-refractivity contribution in [3.8, 4) is 16.9 Å². The average Bonchev–Trinajstić information content (AvgIpc) is 3.44. The molecule has 1 N–H and O–H groups in total. The minimum Gasteiger partial charge on any atom is -0.322 e. The Kier molecular flexibility index (Phi) is 6.74. The number of halogens is 4. The second kappa shape index (κ2) is 9.88. The Balaban J connectivity index is 1.43. The van der Waals surface area contributed by atoms with E-state index in [4.69, 9.17) is 11.6 Å². The molecule has 12 heteroatoms. The average molecular weight is 544 g/mol. The van der Waals surface area contributed by atoms with Gasteiger partial charge < -0.3 is 5.32 Å². The van der Waals surface area contributed by atoms with Crippen molar-refractivity contribution in [2.75, 3.05) is 18.4 Å². The summed E-state index contributed by atoms with van der Waals surface area (Å²) in [6.45, 7) is 5.67. The summed E-state index contributed by atoms with van der Waals surface area (Å²) in [5, 5.41) is 15.0. The highest BCUT2D eigenvalue weighted by molar-refractivity contribution is 6.32. The van der Waals surface area contributed by atoms with Crippen LogP contribution in [0.2, 0.25) is 5.02 Å². The predicted molar refractivity (Wildman–Crippen MR) is 137 cm³/mol. The molecule has 0 unspecified atom stereocenters. The molecule has 3 heterocycles. The van der Waals surface area contributed by atoms with Crippen molar-refractivity contribution in [3.63, 3.8) is 0 Å². The Hall–Kier alpha value is -3.70. The van der Waals surface area contributed by atoms with Crippen molar-refractivity contribution in [1.29, 1.82) is 0 Å². The number of rotatable bonds is 6. The highest BCUT2D eigenvalue weighted by atomic mass is 35.5. The van der Waals surface area contributed by atoms with E-state index in [0.717, 1.165) is 42.4 Å². The standard InChI is InChI=1S/C26H25ClF3N7O/c1-15-5-6-17(10-23(15)37-14-22(33-34-37)20-12-31-35(3)16(20)2)25(38)32-19-9-18(13-36-7-4-8-36)24(27)21(11-19)26(28,29)30/h5-6,9-12,14H,4,7-8,13H2,1-3H3,(H,32,38). The maximum Gasteiger partial charge on any atom is 0.417 e. The van der Waals surface area contributed by atoms with Crippen LogP contribution in [0.1, 0.15) is 39.2 Å². The van der Waals surface area contributed by atoms with Crippen molar-refractivity contribution in [2.24, 2.45) is 7.05 Å². The summed E-state index contributed by atoms with van der Waals surface area (Å²) >= 11 is 6.13. The Morgan fingerprint density at radius 2 is 1.92 bits per heavy atom. The fourth-order valence-electron chi connectivity index (χ4n) is 4.31. The van der Waals surface area contributed by atoms with E-state index in [-0.39, 0.29) is 22.8 Å². The fraction of sp³-hybridized carbons (Fsp3) is 0.308. The zero-order valence-electron chi connectivity index (χ0n) is 21.0. The van der Waals surface area contributed by atoms with Gasteiger partial charge in [-0.15, -0.1) is 5.10 Å². The van der Waals surface area contributed by atoms with Crippen LogP contribution in [0.15, 0.2) is 42.7 Å². The number of amides is 1. The van der Waals surface area contributed by atoms with Gasteiger partial charge in [-0.2, -0.15) is 18.3 Å². The highest BCUT2D eigenvalue weighted by Crippen LogP contribution is 2.39. The minimum absolute atomic E-state index is 0.0273. The van der Waals surface area contributed by atoms with Gasteiger partial charge in [-0.3, -0.25) is 14.4 Å². The monoisotopic (exact) mass is 543 g/mol. The number of nitrogens with one attached hydrogen (secondary N) is 1. The van der Waals surface area contributed by atoms with E-state index in [1.165, 1.54) is 6.07 Å². The van der Waals surface area contributed by atoms with Crippen molar-refractivity contribution < 1.29 is 18.0 Å². The van der Waals surface area contributed by atoms with Crippen LogP contribution >= 0.6 is 11.6 Å². The molecule has 0 bridgehead atoms. The molecule has 38 heavy (non-hydrogen) atoms. The van der Waals surface area contributed by atoms with Gasteiger partial charge in [-0.25, -0.2) is 4.68 Å². The number of carbonyl (C=O) groups is 1. The molecule has 0 aliphatic carbocycles. The van der Waals surface area contributed by atoms with E-state index in [0.29, 0.717) is 16.9 Å². The first kappa shape index (κ1) is 25.9. The topological polar surface area (TPSA) is 80.9 Å². The molecule has 198 valence electrons. The molecule has 1 aliphatic heterocycles. The summed E-state index contributed by atoms with van der Waals surface area (Å²) < 4.78 is 44.4. The molecule has 1 saturated heterocycles. The number of aromatic nitrogens is 5. The second-order valence-corrected chi connectivity index (χ2v) is 9.77. The summed E-state index contributed by atoms with van der Waals surface area (Å²) in [6.07, 6.45) is -0.218. The molecule has 0 saturated carbocycles. The Morgan fingerprint density at radius 3 is 2.55 bits per heavy atom. The van der Waals surface area contributed by atoms with Gasteiger partial charge in [0.05, 0.1) is 28.7 Å². The largest absolute Gasteiger partial charge is 0.417 e. The van der Waals surface area contributed by atoms with Crippen LogP contribution < -0.4 is 5.32 Å². The van der Waals surface area contributed by atoms with Crippen LogP contribution in [0, 0.1) is 13.8 Å². The van der Waals surface area contributed by atoms with E-state index in [2.05, 4.69) is 20.7 Å².